The lowest BCUT2D eigenvalue weighted by Crippen LogP contribution is -2.21. The summed E-state index contributed by atoms with van der Waals surface area (Å²) >= 11 is 0. The lowest BCUT2D eigenvalue weighted by molar-refractivity contribution is 0.138. The van der Waals surface area contributed by atoms with Crippen molar-refractivity contribution in [2.45, 2.75) is 38.3 Å². The predicted molar refractivity (Wildman–Crippen MR) is 74.8 cm³/mol. The second-order valence-corrected chi connectivity index (χ2v) is 4.96. The standard InChI is InChI=1S/C15H23NO3/c1-3-12(16)8-11-4-5-14(17-2)15(9-11)19-13-6-7-18-10-13/h4-5,9,12-13H,3,6-8,10,16H2,1-2H3. The summed E-state index contributed by atoms with van der Waals surface area (Å²) in [5.41, 5.74) is 7.18. The maximum atomic E-state index is 6.00. The van der Waals surface area contributed by atoms with Gasteiger partial charge in [-0.05, 0) is 30.5 Å². The van der Waals surface area contributed by atoms with Crippen LogP contribution in [0.5, 0.6) is 11.5 Å². The SMILES string of the molecule is CCC(N)Cc1ccc(OC)c(OC2CCOC2)c1. The van der Waals surface area contributed by atoms with Crippen molar-refractivity contribution in [2.75, 3.05) is 20.3 Å². The van der Waals surface area contributed by atoms with Crippen molar-refractivity contribution in [2.24, 2.45) is 5.73 Å². The Morgan fingerprint density at radius 2 is 2.26 bits per heavy atom. The molecule has 1 saturated heterocycles. The van der Waals surface area contributed by atoms with Gasteiger partial charge >= 0.3 is 0 Å². The van der Waals surface area contributed by atoms with Crippen LogP contribution < -0.4 is 15.2 Å². The molecule has 0 radical (unpaired) electrons. The molecule has 1 aromatic rings. The lowest BCUT2D eigenvalue weighted by atomic mass is 10.0. The molecule has 1 heterocycles. The minimum Gasteiger partial charge on any atom is -0.493 e. The number of benzene rings is 1. The monoisotopic (exact) mass is 265 g/mol. The third-order valence-corrected chi connectivity index (χ3v) is 3.43. The van der Waals surface area contributed by atoms with Crippen molar-refractivity contribution >= 4 is 0 Å². The van der Waals surface area contributed by atoms with E-state index in [9.17, 15) is 0 Å². The van der Waals surface area contributed by atoms with Crippen LogP contribution in [0.25, 0.3) is 0 Å². The molecule has 0 bridgehead atoms. The summed E-state index contributed by atoms with van der Waals surface area (Å²) < 4.78 is 16.6. The van der Waals surface area contributed by atoms with Gasteiger partial charge in [-0.15, -0.1) is 0 Å². The van der Waals surface area contributed by atoms with Gasteiger partial charge in [0.2, 0.25) is 0 Å². The molecule has 19 heavy (non-hydrogen) atoms. The Balaban J connectivity index is 2.10. The highest BCUT2D eigenvalue weighted by atomic mass is 16.6. The maximum absolute atomic E-state index is 6.00. The Kier molecular flexibility index (Phi) is 5.05. The fourth-order valence-electron chi connectivity index (χ4n) is 2.17. The molecule has 0 saturated carbocycles. The Labute approximate surface area is 114 Å². The van der Waals surface area contributed by atoms with Gasteiger partial charge in [0.05, 0.1) is 20.3 Å². The van der Waals surface area contributed by atoms with Crippen LogP contribution in [0.4, 0.5) is 0 Å². The quantitative estimate of drug-likeness (QED) is 0.856. The highest BCUT2D eigenvalue weighted by Gasteiger charge is 2.19. The van der Waals surface area contributed by atoms with Crippen molar-refractivity contribution < 1.29 is 14.2 Å². The van der Waals surface area contributed by atoms with Gasteiger partial charge in [-0.1, -0.05) is 13.0 Å². The van der Waals surface area contributed by atoms with Gasteiger partial charge in [0.1, 0.15) is 6.10 Å². The van der Waals surface area contributed by atoms with Crippen LogP contribution in [0.2, 0.25) is 0 Å². The molecule has 4 nitrogen and oxygen atoms in total. The first-order valence-electron chi connectivity index (χ1n) is 6.89. The average molecular weight is 265 g/mol. The van der Waals surface area contributed by atoms with E-state index in [0.717, 1.165) is 37.4 Å². The van der Waals surface area contributed by atoms with E-state index < -0.39 is 0 Å². The van der Waals surface area contributed by atoms with E-state index in [1.165, 1.54) is 5.56 Å². The maximum Gasteiger partial charge on any atom is 0.161 e. The lowest BCUT2D eigenvalue weighted by Gasteiger charge is -2.17. The van der Waals surface area contributed by atoms with Crippen LogP contribution in [-0.2, 0) is 11.2 Å². The van der Waals surface area contributed by atoms with E-state index in [1.807, 2.05) is 18.2 Å². The van der Waals surface area contributed by atoms with Crippen molar-refractivity contribution in [3.8, 4) is 11.5 Å². The van der Waals surface area contributed by atoms with E-state index in [0.29, 0.717) is 6.61 Å². The van der Waals surface area contributed by atoms with Crippen molar-refractivity contribution in [1.82, 2.24) is 0 Å². The second kappa shape index (κ2) is 6.78. The number of methoxy groups -OCH3 is 1. The molecule has 2 N–H and O–H groups in total. The Morgan fingerprint density at radius 1 is 1.42 bits per heavy atom. The molecular formula is C15H23NO3. The van der Waals surface area contributed by atoms with Gasteiger partial charge in [-0.25, -0.2) is 0 Å². The summed E-state index contributed by atoms with van der Waals surface area (Å²) in [4.78, 5) is 0. The summed E-state index contributed by atoms with van der Waals surface area (Å²) in [6, 6.07) is 6.22. The largest absolute Gasteiger partial charge is 0.493 e. The average Bonchev–Trinajstić information content (AvgIpc) is 2.92. The van der Waals surface area contributed by atoms with E-state index in [-0.39, 0.29) is 12.1 Å². The smallest absolute Gasteiger partial charge is 0.161 e. The van der Waals surface area contributed by atoms with Crippen LogP contribution >= 0.6 is 0 Å². The van der Waals surface area contributed by atoms with Gasteiger partial charge in [0.25, 0.3) is 0 Å². The molecule has 1 aromatic carbocycles. The summed E-state index contributed by atoms with van der Waals surface area (Å²) in [7, 11) is 1.66. The Hall–Kier alpha value is -1.26. The topological polar surface area (TPSA) is 53.7 Å². The molecule has 106 valence electrons. The molecule has 4 heteroatoms. The summed E-state index contributed by atoms with van der Waals surface area (Å²) in [6.45, 7) is 3.52. The van der Waals surface area contributed by atoms with Gasteiger partial charge < -0.3 is 19.9 Å². The molecule has 0 aliphatic carbocycles. The van der Waals surface area contributed by atoms with Crippen LogP contribution in [0.3, 0.4) is 0 Å². The molecular weight excluding hydrogens is 242 g/mol. The molecule has 0 spiro atoms. The molecule has 1 aliphatic rings. The molecule has 0 aromatic heterocycles. The number of hydrogen-bond acceptors (Lipinski definition) is 4. The number of hydrogen-bond donors (Lipinski definition) is 1. The second-order valence-electron chi connectivity index (χ2n) is 4.96. The summed E-state index contributed by atoms with van der Waals surface area (Å²) in [5, 5.41) is 0. The zero-order valence-electron chi connectivity index (χ0n) is 11.7. The third-order valence-electron chi connectivity index (χ3n) is 3.43. The third kappa shape index (κ3) is 3.85. The minimum atomic E-state index is 0.129. The number of nitrogens with two attached hydrogens (primary N) is 1. The molecule has 1 fully saturated rings. The minimum absolute atomic E-state index is 0.129. The van der Waals surface area contributed by atoms with Crippen LogP contribution in [0.15, 0.2) is 18.2 Å². The fourth-order valence-corrected chi connectivity index (χ4v) is 2.17. The van der Waals surface area contributed by atoms with Crippen LogP contribution in [0, 0.1) is 0 Å². The van der Waals surface area contributed by atoms with E-state index in [4.69, 9.17) is 19.9 Å². The summed E-state index contributed by atoms with van der Waals surface area (Å²) in [5.74, 6) is 1.56. The summed E-state index contributed by atoms with van der Waals surface area (Å²) in [6.07, 6.45) is 2.89. The van der Waals surface area contributed by atoms with Crippen molar-refractivity contribution in [1.29, 1.82) is 0 Å². The van der Waals surface area contributed by atoms with Gasteiger partial charge in [0.15, 0.2) is 11.5 Å². The fraction of sp³-hybridized carbons (Fsp3) is 0.600. The van der Waals surface area contributed by atoms with Gasteiger partial charge in [-0.3, -0.25) is 0 Å². The molecule has 2 atom stereocenters. The Morgan fingerprint density at radius 3 is 2.89 bits per heavy atom. The van der Waals surface area contributed by atoms with E-state index in [2.05, 4.69) is 6.92 Å². The van der Waals surface area contributed by atoms with Crippen LogP contribution in [0.1, 0.15) is 25.3 Å². The van der Waals surface area contributed by atoms with Crippen molar-refractivity contribution in [3.63, 3.8) is 0 Å². The molecule has 2 unspecified atom stereocenters. The van der Waals surface area contributed by atoms with Crippen LogP contribution in [-0.4, -0.2) is 32.5 Å². The predicted octanol–water partition coefficient (Wildman–Crippen LogP) is 2.14. The zero-order valence-corrected chi connectivity index (χ0v) is 11.7. The highest BCUT2D eigenvalue weighted by molar-refractivity contribution is 5.43. The first-order valence-corrected chi connectivity index (χ1v) is 6.89. The molecule has 1 aliphatic heterocycles. The van der Waals surface area contributed by atoms with E-state index in [1.54, 1.807) is 7.11 Å². The number of rotatable bonds is 6. The number of ether oxygens (including phenoxy) is 3. The normalized spacial score (nSPS) is 20.3. The first-order chi connectivity index (χ1) is 9.22. The van der Waals surface area contributed by atoms with Crippen molar-refractivity contribution in [3.05, 3.63) is 23.8 Å². The van der Waals surface area contributed by atoms with Gasteiger partial charge in [-0.2, -0.15) is 0 Å². The van der Waals surface area contributed by atoms with Gasteiger partial charge in [0, 0.05) is 12.5 Å². The molecule has 2 rings (SSSR count). The van der Waals surface area contributed by atoms with E-state index >= 15 is 0 Å². The Bertz CT molecular complexity index is 402. The first kappa shape index (κ1) is 14.2. The molecule has 0 amide bonds. The highest BCUT2D eigenvalue weighted by Crippen LogP contribution is 2.30. The zero-order chi connectivity index (χ0) is 13.7.